The van der Waals surface area contributed by atoms with E-state index in [-0.39, 0.29) is 10.7 Å². The lowest BCUT2D eigenvalue weighted by atomic mass is 10.1. The summed E-state index contributed by atoms with van der Waals surface area (Å²) in [5, 5.41) is 9.27. The number of aromatic carboxylic acids is 1. The number of hydrogen-bond acceptors (Lipinski definition) is 3. The smallest absolute Gasteiger partial charge is 0.337 e. The van der Waals surface area contributed by atoms with Gasteiger partial charge in [0.1, 0.15) is 5.15 Å². The van der Waals surface area contributed by atoms with E-state index < -0.39 is 5.97 Å². The van der Waals surface area contributed by atoms with E-state index in [4.69, 9.17) is 16.7 Å². The third kappa shape index (κ3) is 2.01. The molecule has 2 aromatic rings. The van der Waals surface area contributed by atoms with Crippen molar-refractivity contribution < 1.29 is 9.90 Å². The Morgan fingerprint density at radius 1 is 1.31 bits per heavy atom. The molecule has 0 aromatic carbocycles. The average molecular weight is 235 g/mol. The van der Waals surface area contributed by atoms with Gasteiger partial charge in [-0.2, -0.15) is 0 Å². The first kappa shape index (κ1) is 10.6. The molecule has 0 amide bonds. The molecule has 0 spiro atoms. The third-order valence-electron chi connectivity index (χ3n) is 2.03. The summed E-state index contributed by atoms with van der Waals surface area (Å²) in [6, 6.07) is 6.33. The number of rotatable bonds is 2. The Labute approximate surface area is 96.6 Å². The molecule has 0 fully saturated rings. The summed E-state index contributed by atoms with van der Waals surface area (Å²) >= 11 is 5.75. The lowest BCUT2D eigenvalue weighted by molar-refractivity contribution is 0.0697. The molecule has 0 radical (unpaired) electrons. The van der Waals surface area contributed by atoms with E-state index in [0.717, 1.165) is 0 Å². The van der Waals surface area contributed by atoms with Crippen molar-refractivity contribution in [1.29, 1.82) is 0 Å². The molecule has 2 heterocycles. The topological polar surface area (TPSA) is 63.1 Å². The normalized spacial score (nSPS) is 10.1. The monoisotopic (exact) mass is 234 g/mol. The van der Waals surface area contributed by atoms with Crippen LogP contribution in [0.5, 0.6) is 0 Å². The van der Waals surface area contributed by atoms with Crippen LogP contribution in [0.1, 0.15) is 10.4 Å². The molecule has 0 aliphatic rings. The van der Waals surface area contributed by atoms with Crippen LogP contribution in [0.3, 0.4) is 0 Å². The van der Waals surface area contributed by atoms with Gasteiger partial charge in [-0.05, 0) is 24.3 Å². The Balaban J connectivity index is 2.63. The molecule has 0 aliphatic carbocycles. The van der Waals surface area contributed by atoms with Gasteiger partial charge in [0.25, 0.3) is 0 Å². The summed E-state index contributed by atoms with van der Waals surface area (Å²) < 4.78 is 0. The van der Waals surface area contributed by atoms with Gasteiger partial charge in [-0.1, -0.05) is 11.6 Å². The molecule has 2 aromatic heterocycles. The molecule has 1 N–H and O–H groups in total. The maximum absolute atomic E-state index is 11.0. The molecule has 5 heteroatoms. The number of halogens is 1. The van der Waals surface area contributed by atoms with Crippen LogP contribution in [0.2, 0.25) is 5.15 Å². The highest BCUT2D eigenvalue weighted by Gasteiger charge is 2.13. The Bertz CT molecular complexity index is 529. The predicted octanol–water partition coefficient (Wildman–Crippen LogP) is 2.50. The second kappa shape index (κ2) is 4.28. The standard InChI is InChI=1S/C11H7ClN2O2/c12-9-4-3-8(11(15)16)10(14-9)7-2-1-5-13-6-7/h1-6H,(H,15,16). The number of carbonyl (C=O) groups is 1. The quantitative estimate of drug-likeness (QED) is 0.811. The zero-order valence-corrected chi connectivity index (χ0v) is 8.85. The van der Waals surface area contributed by atoms with E-state index in [1.54, 1.807) is 24.5 Å². The Kier molecular flexibility index (Phi) is 2.83. The number of aromatic nitrogens is 2. The molecule has 4 nitrogen and oxygen atoms in total. The minimum atomic E-state index is -1.04. The van der Waals surface area contributed by atoms with Gasteiger partial charge in [0, 0.05) is 18.0 Å². The summed E-state index contributed by atoms with van der Waals surface area (Å²) in [5.74, 6) is -1.04. The molecule has 80 valence electrons. The summed E-state index contributed by atoms with van der Waals surface area (Å²) in [6.07, 6.45) is 3.15. The summed E-state index contributed by atoms with van der Waals surface area (Å²) in [5.41, 5.74) is 1.06. The first-order valence-electron chi connectivity index (χ1n) is 4.49. The molecular formula is C11H7ClN2O2. The highest BCUT2D eigenvalue weighted by molar-refractivity contribution is 6.29. The van der Waals surface area contributed by atoms with E-state index >= 15 is 0 Å². The van der Waals surface area contributed by atoms with Crippen molar-refractivity contribution in [1.82, 2.24) is 9.97 Å². The van der Waals surface area contributed by atoms with E-state index in [2.05, 4.69) is 9.97 Å². The second-order valence-electron chi connectivity index (χ2n) is 3.08. The Hall–Kier alpha value is -1.94. The molecule has 0 atom stereocenters. The number of carboxylic acid groups (broad SMARTS) is 1. The van der Waals surface area contributed by atoms with Crippen LogP contribution in [-0.2, 0) is 0 Å². The predicted molar refractivity (Wildman–Crippen MR) is 59.4 cm³/mol. The number of hydrogen-bond donors (Lipinski definition) is 1. The van der Waals surface area contributed by atoms with Crippen molar-refractivity contribution in [2.75, 3.05) is 0 Å². The van der Waals surface area contributed by atoms with Gasteiger partial charge in [-0.25, -0.2) is 9.78 Å². The van der Waals surface area contributed by atoms with Crippen LogP contribution in [0, 0.1) is 0 Å². The first-order chi connectivity index (χ1) is 7.68. The zero-order chi connectivity index (χ0) is 11.5. The van der Waals surface area contributed by atoms with E-state index in [0.29, 0.717) is 11.3 Å². The van der Waals surface area contributed by atoms with E-state index in [1.807, 2.05) is 0 Å². The van der Waals surface area contributed by atoms with Crippen molar-refractivity contribution >= 4 is 17.6 Å². The van der Waals surface area contributed by atoms with Crippen LogP contribution in [0.25, 0.3) is 11.3 Å². The Morgan fingerprint density at radius 2 is 2.12 bits per heavy atom. The van der Waals surface area contributed by atoms with Crippen LogP contribution in [-0.4, -0.2) is 21.0 Å². The van der Waals surface area contributed by atoms with E-state index in [1.165, 1.54) is 12.1 Å². The fourth-order valence-electron chi connectivity index (χ4n) is 1.33. The fraction of sp³-hybridized carbons (Fsp3) is 0. The van der Waals surface area contributed by atoms with Crippen molar-refractivity contribution in [2.24, 2.45) is 0 Å². The summed E-state index contributed by atoms with van der Waals surface area (Å²) in [6.45, 7) is 0. The number of pyridine rings is 2. The van der Waals surface area contributed by atoms with E-state index in [9.17, 15) is 4.79 Å². The van der Waals surface area contributed by atoms with Gasteiger partial charge >= 0.3 is 5.97 Å². The maximum atomic E-state index is 11.0. The largest absolute Gasteiger partial charge is 0.478 e. The molecule has 0 bridgehead atoms. The van der Waals surface area contributed by atoms with Crippen molar-refractivity contribution in [2.45, 2.75) is 0 Å². The van der Waals surface area contributed by atoms with Gasteiger partial charge in [-0.3, -0.25) is 4.98 Å². The summed E-state index contributed by atoms with van der Waals surface area (Å²) in [7, 11) is 0. The number of carboxylic acids is 1. The lowest BCUT2D eigenvalue weighted by Crippen LogP contribution is -2.01. The SMILES string of the molecule is O=C(O)c1ccc(Cl)nc1-c1cccnc1. The highest BCUT2D eigenvalue weighted by Crippen LogP contribution is 2.22. The molecule has 0 saturated heterocycles. The summed E-state index contributed by atoms with van der Waals surface area (Å²) in [4.78, 5) is 18.9. The Morgan fingerprint density at radius 3 is 2.75 bits per heavy atom. The van der Waals surface area contributed by atoms with Gasteiger partial charge < -0.3 is 5.11 Å². The minimum absolute atomic E-state index is 0.109. The lowest BCUT2D eigenvalue weighted by Gasteiger charge is -2.04. The highest BCUT2D eigenvalue weighted by atomic mass is 35.5. The molecular weight excluding hydrogens is 228 g/mol. The third-order valence-corrected chi connectivity index (χ3v) is 2.24. The van der Waals surface area contributed by atoms with Crippen molar-refractivity contribution in [3.63, 3.8) is 0 Å². The van der Waals surface area contributed by atoms with Crippen LogP contribution < -0.4 is 0 Å². The zero-order valence-electron chi connectivity index (χ0n) is 8.09. The fourth-order valence-corrected chi connectivity index (χ4v) is 1.48. The van der Waals surface area contributed by atoms with Gasteiger partial charge in [0.2, 0.25) is 0 Å². The molecule has 16 heavy (non-hydrogen) atoms. The van der Waals surface area contributed by atoms with Gasteiger partial charge in [0.05, 0.1) is 11.3 Å². The van der Waals surface area contributed by atoms with Crippen LogP contribution in [0.4, 0.5) is 0 Å². The van der Waals surface area contributed by atoms with Crippen molar-refractivity contribution in [3.8, 4) is 11.3 Å². The molecule has 0 saturated carbocycles. The molecule has 2 rings (SSSR count). The maximum Gasteiger partial charge on any atom is 0.337 e. The van der Waals surface area contributed by atoms with Crippen LogP contribution in [0.15, 0.2) is 36.7 Å². The van der Waals surface area contributed by atoms with Crippen molar-refractivity contribution in [3.05, 3.63) is 47.4 Å². The molecule has 0 aliphatic heterocycles. The van der Waals surface area contributed by atoms with Gasteiger partial charge in [-0.15, -0.1) is 0 Å². The molecule has 0 unspecified atom stereocenters. The second-order valence-corrected chi connectivity index (χ2v) is 3.46. The average Bonchev–Trinajstić information content (AvgIpc) is 2.29. The number of nitrogens with zero attached hydrogens (tertiary/aromatic N) is 2. The first-order valence-corrected chi connectivity index (χ1v) is 4.86. The van der Waals surface area contributed by atoms with Crippen LogP contribution >= 0.6 is 11.6 Å². The minimum Gasteiger partial charge on any atom is -0.478 e. The van der Waals surface area contributed by atoms with Gasteiger partial charge in [0.15, 0.2) is 0 Å².